The van der Waals surface area contributed by atoms with Gasteiger partial charge in [-0.3, -0.25) is 4.79 Å². The first-order valence-electron chi connectivity index (χ1n) is 6.67. The Balaban J connectivity index is 2.11. The van der Waals surface area contributed by atoms with Gasteiger partial charge in [-0.25, -0.2) is 0 Å². The maximum atomic E-state index is 12.3. The summed E-state index contributed by atoms with van der Waals surface area (Å²) in [4.78, 5) is 12.3. The lowest BCUT2D eigenvalue weighted by Crippen LogP contribution is -2.35. The van der Waals surface area contributed by atoms with Crippen molar-refractivity contribution in [3.8, 4) is 0 Å². The van der Waals surface area contributed by atoms with Gasteiger partial charge in [-0.1, -0.05) is 13.0 Å². The molecule has 0 aliphatic carbocycles. The largest absolute Gasteiger partial charge is 0.326 e. The van der Waals surface area contributed by atoms with E-state index in [9.17, 15) is 4.79 Å². The van der Waals surface area contributed by atoms with E-state index in [-0.39, 0.29) is 11.3 Å². The van der Waals surface area contributed by atoms with Crippen LogP contribution in [0.1, 0.15) is 31.4 Å². The van der Waals surface area contributed by atoms with Crippen molar-refractivity contribution in [3.63, 3.8) is 0 Å². The van der Waals surface area contributed by atoms with Crippen LogP contribution in [0.3, 0.4) is 0 Å². The molecule has 1 atom stereocenters. The minimum Gasteiger partial charge on any atom is -0.326 e. The summed E-state index contributed by atoms with van der Waals surface area (Å²) in [5.41, 5.74) is 3.22. The number of hydrogen-bond acceptors (Lipinski definition) is 2. The Labute approximate surface area is 109 Å². The van der Waals surface area contributed by atoms with Crippen LogP contribution < -0.4 is 10.6 Å². The molecular formula is C15H22N2O. The zero-order valence-electron chi connectivity index (χ0n) is 11.5. The van der Waals surface area contributed by atoms with Crippen molar-refractivity contribution in [3.05, 3.63) is 29.3 Å². The zero-order chi connectivity index (χ0) is 13.2. The summed E-state index contributed by atoms with van der Waals surface area (Å²) in [7, 11) is 0. The molecule has 1 saturated heterocycles. The Morgan fingerprint density at radius 1 is 1.50 bits per heavy atom. The quantitative estimate of drug-likeness (QED) is 0.860. The van der Waals surface area contributed by atoms with Gasteiger partial charge in [-0.05, 0) is 56.5 Å². The molecule has 3 nitrogen and oxygen atoms in total. The lowest BCUT2D eigenvalue weighted by Gasteiger charge is -2.21. The van der Waals surface area contributed by atoms with E-state index < -0.39 is 0 Å². The Bertz CT molecular complexity index is 448. The number of benzene rings is 1. The molecule has 1 fully saturated rings. The molecule has 1 amide bonds. The Kier molecular flexibility index (Phi) is 3.71. The fourth-order valence-corrected chi connectivity index (χ4v) is 2.42. The molecule has 1 heterocycles. The van der Waals surface area contributed by atoms with Crippen molar-refractivity contribution in [1.82, 2.24) is 5.32 Å². The third-order valence-electron chi connectivity index (χ3n) is 3.90. The molecule has 2 rings (SSSR count). The van der Waals surface area contributed by atoms with E-state index in [4.69, 9.17) is 0 Å². The molecule has 3 heteroatoms. The van der Waals surface area contributed by atoms with Gasteiger partial charge < -0.3 is 10.6 Å². The molecule has 0 bridgehead atoms. The second-order valence-corrected chi connectivity index (χ2v) is 5.44. The fourth-order valence-electron chi connectivity index (χ4n) is 2.42. The van der Waals surface area contributed by atoms with E-state index in [1.165, 1.54) is 11.1 Å². The summed E-state index contributed by atoms with van der Waals surface area (Å²) in [6.07, 6.45) is 1.90. The molecule has 98 valence electrons. The van der Waals surface area contributed by atoms with E-state index >= 15 is 0 Å². The molecule has 0 spiro atoms. The van der Waals surface area contributed by atoms with Crippen LogP contribution >= 0.6 is 0 Å². The van der Waals surface area contributed by atoms with Crippen LogP contribution in [0.2, 0.25) is 0 Å². The highest BCUT2D eigenvalue weighted by Crippen LogP contribution is 2.27. The predicted molar refractivity (Wildman–Crippen MR) is 74.8 cm³/mol. The highest BCUT2D eigenvalue weighted by atomic mass is 16.2. The molecule has 1 aromatic rings. The van der Waals surface area contributed by atoms with Crippen molar-refractivity contribution < 1.29 is 4.79 Å². The van der Waals surface area contributed by atoms with E-state index in [2.05, 4.69) is 36.6 Å². The third-order valence-corrected chi connectivity index (χ3v) is 3.90. The molecule has 0 aromatic heterocycles. The Morgan fingerprint density at radius 2 is 2.28 bits per heavy atom. The van der Waals surface area contributed by atoms with Crippen LogP contribution in [-0.4, -0.2) is 19.0 Å². The Morgan fingerprint density at radius 3 is 2.89 bits per heavy atom. The molecular weight excluding hydrogens is 224 g/mol. The summed E-state index contributed by atoms with van der Waals surface area (Å²) in [5, 5.41) is 6.30. The number of anilines is 1. The minimum atomic E-state index is -0.267. The van der Waals surface area contributed by atoms with Gasteiger partial charge in [0, 0.05) is 12.2 Å². The van der Waals surface area contributed by atoms with Crippen LogP contribution in [0.15, 0.2) is 18.2 Å². The summed E-state index contributed by atoms with van der Waals surface area (Å²) >= 11 is 0. The van der Waals surface area contributed by atoms with Crippen LogP contribution in [-0.2, 0) is 11.2 Å². The molecule has 0 saturated carbocycles. The molecule has 1 aliphatic heterocycles. The normalized spacial score (nSPS) is 23.1. The fraction of sp³-hybridized carbons (Fsp3) is 0.533. The second kappa shape index (κ2) is 5.11. The van der Waals surface area contributed by atoms with E-state index in [1.54, 1.807) is 0 Å². The maximum Gasteiger partial charge on any atom is 0.231 e. The summed E-state index contributed by atoms with van der Waals surface area (Å²) < 4.78 is 0. The standard InChI is InChI=1S/C15H22N2O/c1-4-12-9-13(6-5-11(12)2)17-14(18)15(3)7-8-16-10-15/h5-6,9,16H,4,7-8,10H2,1-3H3,(H,17,18). The number of amides is 1. The number of aryl methyl sites for hydroxylation is 2. The van der Waals surface area contributed by atoms with Crippen molar-refractivity contribution in [2.75, 3.05) is 18.4 Å². The van der Waals surface area contributed by atoms with Crippen molar-refractivity contribution in [2.24, 2.45) is 5.41 Å². The first-order chi connectivity index (χ1) is 8.55. The van der Waals surface area contributed by atoms with Crippen LogP contribution in [0.4, 0.5) is 5.69 Å². The highest BCUT2D eigenvalue weighted by molar-refractivity contribution is 5.95. The van der Waals surface area contributed by atoms with Gasteiger partial charge in [0.25, 0.3) is 0 Å². The monoisotopic (exact) mass is 246 g/mol. The van der Waals surface area contributed by atoms with Gasteiger partial charge in [0.1, 0.15) is 0 Å². The summed E-state index contributed by atoms with van der Waals surface area (Å²) in [6, 6.07) is 6.14. The van der Waals surface area contributed by atoms with Crippen molar-refractivity contribution in [2.45, 2.75) is 33.6 Å². The molecule has 18 heavy (non-hydrogen) atoms. The van der Waals surface area contributed by atoms with Crippen molar-refractivity contribution >= 4 is 11.6 Å². The van der Waals surface area contributed by atoms with Gasteiger partial charge in [-0.2, -0.15) is 0 Å². The number of hydrogen-bond donors (Lipinski definition) is 2. The van der Waals surface area contributed by atoms with Gasteiger partial charge in [0.2, 0.25) is 5.91 Å². The average Bonchev–Trinajstić information content (AvgIpc) is 2.80. The van der Waals surface area contributed by atoms with Crippen LogP contribution in [0, 0.1) is 12.3 Å². The SMILES string of the molecule is CCc1cc(NC(=O)C2(C)CCNC2)ccc1C. The maximum absolute atomic E-state index is 12.3. The zero-order valence-corrected chi connectivity index (χ0v) is 11.5. The lowest BCUT2D eigenvalue weighted by molar-refractivity contribution is -0.123. The summed E-state index contributed by atoms with van der Waals surface area (Å²) in [5.74, 6) is 0.124. The van der Waals surface area contributed by atoms with Gasteiger partial charge >= 0.3 is 0 Å². The van der Waals surface area contributed by atoms with E-state index in [0.717, 1.165) is 31.6 Å². The smallest absolute Gasteiger partial charge is 0.231 e. The molecule has 1 aromatic carbocycles. The minimum absolute atomic E-state index is 0.124. The Hall–Kier alpha value is -1.35. The van der Waals surface area contributed by atoms with Crippen LogP contribution in [0.25, 0.3) is 0 Å². The number of rotatable bonds is 3. The first-order valence-corrected chi connectivity index (χ1v) is 6.67. The van der Waals surface area contributed by atoms with Gasteiger partial charge in [0.15, 0.2) is 0 Å². The van der Waals surface area contributed by atoms with E-state index in [1.807, 2.05) is 13.0 Å². The third kappa shape index (κ3) is 2.56. The van der Waals surface area contributed by atoms with Gasteiger partial charge in [-0.15, -0.1) is 0 Å². The van der Waals surface area contributed by atoms with Gasteiger partial charge in [0.05, 0.1) is 5.41 Å². The van der Waals surface area contributed by atoms with E-state index in [0.29, 0.717) is 0 Å². The number of nitrogens with one attached hydrogen (secondary N) is 2. The lowest BCUT2D eigenvalue weighted by atomic mass is 9.88. The second-order valence-electron chi connectivity index (χ2n) is 5.44. The molecule has 0 radical (unpaired) electrons. The summed E-state index contributed by atoms with van der Waals surface area (Å²) in [6.45, 7) is 7.96. The van der Waals surface area contributed by atoms with Crippen molar-refractivity contribution in [1.29, 1.82) is 0 Å². The predicted octanol–water partition coefficient (Wildman–Crippen LogP) is 2.50. The number of carbonyl (C=O) groups excluding carboxylic acids is 1. The first kappa shape index (κ1) is 13.1. The van der Waals surface area contributed by atoms with Crippen LogP contribution in [0.5, 0.6) is 0 Å². The molecule has 1 aliphatic rings. The average molecular weight is 246 g/mol. The number of carbonyl (C=O) groups is 1. The highest BCUT2D eigenvalue weighted by Gasteiger charge is 2.36. The topological polar surface area (TPSA) is 41.1 Å². The molecule has 1 unspecified atom stereocenters. The molecule has 2 N–H and O–H groups in total.